The predicted octanol–water partition coefficient (Wildman–Crippen LogP) is 3.30. The summed E-state index contributed by atoms with van der Waals surface area (Å²) in [5.41, 5.74) is 0.514. The summed E-state index contributed by atoms with van der Waals surface area (Å²) < 4.78 is 13.4. The molecule has 0 radical (unpaired) electrons. The van der Waals surface area contributed by atoms with Crippen LogP contribution in [0, 0.1) is 5.82 Å². The van der Waals surface area contributed by atoms with Crippen molar-refractivity contribution in [3.8, 4) is 0 Å². The molecule has 2 aromatic heterocycles. The molecule has 8 heteroatoms. The van der Waals surface area contributed by atoms with Crippen LogP contribution in [0.15, 0.2) is 65.9 Å². The van der Waals surface area contributed by atoms with Gasteiger partial charge in [0.05, 0.1) is 24.4 Å². The van der Waals surface area contributed by atoms with Crippen molar-refractivity contribution in [1.82, 2.24) is 14.9 Å². The van der Waals surface area contributed by atoms with Crippen LogP contribution in [0.1, 0.15) is 22.2 Å². The number of hydrogen-bond acceptors (Lipinski definition) is 6. The molecular weight excluding hydrogens is 381 g/mol. The van der Waals surface area contributed by atoms with Gasteiger partial charge in [0.2, 0.25) is 0 Å². The minimum atomic E-state index is -0.857. The van der Waals surface area contributed by atoms with Gasteiger partial charge < -0.3 is 10.0 Å². The second kappa shape index (κ2) is 7.32. The van der Waals surface area contributed by atoms with Gasteiger partial charge in [0.1, 0.15) is 11.5 Å². The molecule has 1 aliphatic rings. The van der Waals surface area contributed by atoms with E-state index in [1.807, 2.05) is 17.5 Å². The number of aromatic nitrogens is 2. The maximum absolute atomic E-state index is 13.4. The van der Waals surface area contributed by atoms with Crippen molar-refractivity contribution in [2.75, 3.05) is 0 Å². The molecule has 1 aromatic carbocycles. The Labute approximate surface area is 163 Å². The molecule has 140 valence electrons. The van der Waals surface area contributed by atoms with Gasteiger partial charge in [-0.05, 0) is 29.1 Å². The lowest BCUT2D eigenvalue weighted by molar-refractivity contribution is -0.140. The molecule has 6 nitrogen and oxygen atoms in total. The lowest BCUT2D eigenvalue weighted by atomic mass is 9.96. The van der Waals surface area contributed by atoms with E-state index in [4.69, 9.17) is 0 Å². The molecule has 0 spiro atoms. The van der Waals surface area contributed by atoms with Gasteiger partial charge in [0.15, 0.2) is 5.76 Å². The van der Waals surface area contributed by atoms with Gasteiger partial charge in [-0.15, -0.1) is 11.3 Å². The average Bonchev–Trinajstić information content (AvgIpc) is 3.31. The van der Waals surface area contributed by atoms with Gasteiger partial charge >= 0.3 is 0 Å². The van der Waals surface area contributed by atoms with Crippen LogP contribution < -0.4 is 0 Å². The lowest BCUT2D eigenvalue weighted by Crippen LogP contribution is -2.28. The van der Waals surface area contributed by atoms with Crippen LogP contribution in [0.4, 0.5) is 4.39 Å². The summed E-state index contributed by atoms with van der Waals surface area (Å²) in [4.78, 5) is 35.7. The molecule has 1 fully saturated rings. The van der Waals surface area contributed by atoms with Crippen molar-refractivity contribution >= 4 is 28.8 Å². The molecule has 3 aromatic rings. The standard InChI is InChI=1S/C20H14FN3O3S/c21-13-5-3-12(4-6-13)17-16(18(25)15-10-22-7-8-23-15)19(26)20(27)24(17)11-14-2-1-9-28-14/h1-10,17,25H,11H2/b18-16+. The number of carbonyl (C=O) groups is 2. The first-order valence-corrected chi connectivity index (χ1v) is 9.27. The van der Waals surface area contributed by atoms with Crippen LogP contribution in [-0.4, -0.2) is 31.7 Å². The summed E-state index contributed by atoms with van der Waals surface area (Å²) in [7, 11) is 0. The molecule has 3 heterocycles. The monoisotopic (exact) mass is 395 g/mol. The van der Waals surface area contributed by atoms with Crippen LogP contribution in [0.2, 0.25) is 0 Å². The number of nitrogens with zero attached hydrogens (tertiary/aromatic N) is 3. The Bertz CT molecular complexity index is 1050. The molecule has 1 amide bonds. The Hall–Kier alpha value is -3.39. The summed E-state index contributed by atoms with van der Waals surface area (Å²) >= 11 is 1.45. The SMILES string of the molecule is O=C1C(=O)N(Cc2cccs2)C(c2ccc(F)cc2)/C1=C(\O)c1cnccn1. The van der Waals surface area contributed by atoms with Crippen molar-refractivity contribution < 1.29 is 19.1 Å². The van der Waals surface area contributed by atoms with Gasteiger partial charge in [-0.2, -0.15) is 0 Å². The highest BCUT2D eigenvalue weighted by Crippen LogP contribution is 2.40. The van der Waals surface area contributed by atoms with E-state index in [2.05, 4.69) is 9.97 Å². The van der Waals surface area contributed by atoms with Crippen molar-refractivity contribution in [2.24, 2.45) is 0 Å². The van der Waals surface area contributed by atoms with Gasteiger partial charge in [-0.3, -0.25) is 14.6 Å². The van der Waals surface area contributed by atoms with Crippen LogP contribution in [0.5, 0.6) is 0 Å². The number of carbonyl (C=O) groups excluding carboxylic acids is 2. The number of ketones is 1. The van der Waals surface area contributed by atoms with Gasteiger partial charge in [-0.25, -0.2) is 9.37 Å². The average molecular weight is 395 g/mol. The van der Waals surface area contributed by atoms with Crippen LogP contribution in [0.3, 0.4) is 0 Å². The maximum Gasteiger partial charge on any atom is 0.295 e. The Morgan fingerprint density at radius 1 is 1.18 bits per heavy atom. The van der Waals surface area contributed by atoms with Gasteiger partial charge in [0, 0.05) is 17.3 Å². The number of halogens is 1. The van der Waals surface area contributed by atoms with Crippen molar-refractivity contribution in [3.63, 3.8) is 0 Å². The molecule has 4 rings (SSSR count). The molecular formula is C20H14FN3O3S. The van der Waals surface area contributed by atoms with E-state index in [1.54, 1.807) is 0 Å². The smallest absolute Gasteiger partial charge is 0.295 e. The molecule has 1 aliphatic heterocycles. The Morgan fingerprint density at radius 2 is 1.96 bits per heavy atom. The minimum Gasteiger partial charge on any atom is -0.505 e. The second-order valence-electron chi connectivity index (χ2n) is 6.15. The Morgan fingerprint density at radius 3 is 2.61 bits per heavy atom. The fraction of sp³-hybridized carbons (Fsp3) is 0.100. The number of aliphatic hydroxyl groups excluding tert-OH is 1. The van der Waals surface area contributed by atoms with Crippen LogP contribution in [-0.2, 0) is 16.1 Å². The molecule has 0 aliphatic carbocycles. The molecule has 1 N–H and O–H groups in total. The molecule has 0 bridgehead atoms. The number of benzene rings is 1. The maximum atomic E-state index is 13.4. The van der Waals surface area contributed by atoms with E-state index in [1.165, 1.54) is 59.1 Å². The third kappa shape index (κ3) is 3.18. The third-order valence-corrected chi connectivity index (χ3v) is 5.30. The summed E-state index contributed by atoms with van der Waals surface area (Å²) in [6.45, 7) is 0.196. The minimum absolute atomic E-state index is 0.0868. The number of thiophene rings is 1. The number of aliphatic hydroxyl groups is 1. The van der Waals surface area contributed by atoms with Crippen molar-refractivity contribution in [2.45, 2.75) is 12.6 Å². The van der Waals surface area contributed by atoms with Crippen molar-refractivity contribution in [1.29, 1.82) is 0 Å². The largest absolute Gasteiger partial charge is 0.505 e. The van der Waals surface area contributed by atoms with Crippen LogP contribution in [0.25, 0.3) is 5.76 Å². The number of amides is 1. The summed E-state index contributed by atoms with van der Waals surface area (Å²) in [5, 5.41) is 12.6. The number of rotatable bonds is 4. The predicted molar refractivity (Wildman–Crippen MR) is 101 cm³/mol. The first kappa shape index (κ1) is 18.0. The summed E-state index contributed by atoms with van der Waals surface area (Å²) in [6, 6.07) is 8.35. The highest BCUT2D eigenvalue weighted by Gasteiger charge is 2.46. The zero-order valence-electron chi connectivity index (χ0n) is 14.4. The van der Waals surface area contributed by atoms with E-state index >= 15 is 0 Å². The zero-order valence-corrected chi connectivity index (χ0v) is 15.3. The second-order valence-corrected chi connectivity index (χ2v) is 7.18. The van der Waals surface area contributed by atoms with Gasteiger partial charge in [0.25, 0.3) is 11.7 Å². The Balaban J connectivity index is 1.86. The van der Waals surface area contributed by atoms with Gasteiger partial charge in [-0.1, -0.05) is 18.2 Å². The normalized spacial score (nSPS) is 18.6. The fourth-order valence-corrected chi connectivity index (χ4v) is 3.87. The van der Waals surface area contributed by atoms with Crippen LogP contribution >= 0.6 is 11.3 Å². The molecule has 1 atom stereocenters. The van der Waals surface area contributed by atoms with Crippen molar-refractivity contribution in [3.05, 3.63) is 87.9 Å². The number of hydrogen-bond donors (Lipinski definition) is 1. The quantitative estimate of drug-likeness (QED) is 0.416. The molecule has 28 heavy (non-hydrogen) atoms. The number of likely N-dealkylation sites (tertiary alicyclic amines) is 1. The zero-order chi connectivity index (χ0) is 19.7. The highest BCUT2D eigenvalue weighted by atomic mass is 32.1. The molecule has 1 saturated heterocycles. The first-order chi connectivity index (χ1) is 13.6. The van der Waals surface area contributed by atoms with E-state index in [-0.39, 0.29) is 17.8 Å². The summed E-state index contributed by atoms with van der Waals surface area (Å²) in [6.07, 6.45) is 4.12. The van der Waals surface area contributed by atoms with E-state index < -0.39 is 29.3 Å². The third-order valence-electron chi connectivity index (χ3n) is 4.44. The summed E-state index contributed by atoms with van der Waals surface area (Å²) in [5.74, 6) is -2.38. The topological polar surface area (TPSA) is 83.4 Å². The van der Waals surface area contributed by atoms with E-state index in [0.717, 1.165) is 4.88 Å². The van der Waals surface area contributed by atoms with E-state index in [0.29, 0.717) is 5.56 Å². The Kier molecular flexibility index (Phi) is 4.70. The molecule has 0 saturated carbocycles. The lowest BCUT2D eigenvalue weighted by Gasteiger charge is -2.24. The highest BCUT2D eigenvalue weighted by molar-refractivity contribution is 7.09. The first-order valence-electron chi connectivity index (χ1n) is 8.39. The fourth-order valence-electron chi connectivity index (χ4n) is 3.16. The van der Waals surface area contributed by atoms with E-state index in [9.17, 15) is 19.1 Å². The number of Topliss-reactive ketones (excluding diaryl/α,β-unsaturated/α-hetero) is 1. The molecule has 1 unspecified atom stereocenters.